The van der Waals surface area contributed by atoms with E-state index in [0.717, 1.165) is 16.3 Å². The van der Waals surface area contributed by atoms with Gasteiger partial charge in [-0.05, 0) is 30.3 Å². The van der Waals surface area contributed by atoms with Crippen molar-refractivity contribution in [2.45, 2.75) is 4.90 Å². The summed E-state index contributed by atoms with van der Waals surface area (Å²) < 4.78 is 5.33. The zero-order chi connectivity index (χ0) is 15.8. The quantitative estimate of drug-likeness (QED) is 0.656. The maximum atomic E-state index is 12.8. The van der Waals surface area contributed by atoms with Gasteiger partial charge in [-0.15, -0.1) is 23.1 Å². The summed E-state index contributed by atoms with van der Waals surface area (Å²) in [5.41, 5.74) is 1.28. The molecule has 0 spiro atoms. The number of carbonyl (C=O) groups excluding carboxylic acids is 1. The zero-order valence-electron chi connectivity index (χ0n) is 11.9. The van der Waals surface area contributed by atoms with Crippen molar-refractivity contribution in [1.29, 1.82) is 0 Å². The molecule has 0 fully saturated rings. The van der Waals surface area contributed by atoms with Crippen LogP contribution < -0.4 is 4.90 Å². The van der Waals surface area contributed by atoms with Crippen LogP contribution >= 0.6 is 34.7 Å². The Bertz CT molecular complexity index is 861. The van der Waals surface area contributed by atoms with Gasteiger partial charge >= 0.3 is 0 Å². The highest BCUT2D eigenvalue weighted by Crippen LogP contribution is 2.37. The number of nitrogens with zero attached hydrogens (tertiary/aromatic N) is 2. The smallest absolute Gasteiger partial charge is 0.277 e. The molecule has 23 heavy (non-hydrogen) atoms. The second-order valence-electron chi connectivity index (χ2n) is 4.93. The molecule has 2 aromatic heterocycles. The molecule has 0 radical (unpaired) electrons. The van der Waals surface area contributed by atoms with E-state index in [4.69, 9.17) is 16.0 Å². The van der Waals surface area contributed by atoms with Gasteiger partial charge in [0.25, 0.3) is 5.91 Å². The molecule has 1 aliphatic heterocycles. The van der Waals surface area contributed by atoms with Gasteiger partial charge in [0.1, 0.15) is 5.69 Å². The first-order valence-electron chi connectivity index (χ1n) is 6.96. The van der Waals surface area contributed by atoms with E-state index in [9.17, 15) is 4.79 Å². The SMILES string of the molecule is O=C(c1csc(-c2ccco2)n1)N1CCSc2ccc(Cl)cc21. The van der Waals surface area contributed by atoms with Gasteiger partial charge in [0.05, 0.1) is 12.0 Å². The number of aromatic nitrogens is 1. The molecule has 1 aromatic carbocycles. The fraction of sp³-hybridized carbons (Fsp3) is 0.125. The van der Waals surface area contributed by atoms with Gasteiger partial charge < -0.3 is 9.32 Å². The second-order valence-corrected chi connectivity index (χ2v) is 7.36. The molecule has 3 aromatic rings. The molecule has 0 unspecified atom stereocenters. The number of halogens is 1. The van der Waals surface area contributed by atoms with Crippen molar-refractivity contribution in [2.75, 3.05) is 17.2 Å². The van der Waals surface area contributed by atoms with Crippen LogP contribution in [0.4, 0.5) is 5.69 Å². The monoisotopic (exact) mass is 362 g/mol. The third kappa shape index (κ3) is 2.78. The van der Waals surface area contributed by atoms with Gasteiger partial charge in [0, 0.05) is 27.6 Å². The van der Waals surface area contributed by atoms with Crippen molar-refractivity contribution < 1.29 is 9.21 Å². The normalized spacial score (nSPS) is 13.9. The van der Waals surface area contributed by atoms with Crippen LogP contribution in [0.25, 0.3) is 10.8 Å². The summed E-state index contributed by atoms with van der Waals surface area (Å²) in [5, 5.41) is 3.10. The van der Waals surface area contributed by atoms with Crippen LogP contribution in [0.1, 0.15) is 10.5 Å². The lowest BCUT2D eigenvalue weighted by atomic mass is 10.2. The molecule has 1 amide bonds. The first kappa shape index (κ1) is 14.8. The molecule has 0 saturated carbocycles. The van der Waals surface area contributed by atoms with Crippen molar-refractivity contribution in [1.82, 2.24) is 4.98 Å². The lowest BCUT2D eigenvalue weighted by Crippen LogP contribution is -2.35. The molecule has 0 saturated heterocycles. The summed E-state index contributed by atoms with van der Waals surface area (Å²) in [6, 6.07) is 9.27. The molecule has 0 aliphatic carbocycles. The predicted octanol–water partition coefficient (Wildman–Crippen LogP) is 4.81. The Kier molecular flexibility index (Phi) is 3.88. The summed E-state index contributed by atoms with van der Waals surface area (Å²) in [4.78, 5) is 20.1. The van der Waals surface area contributed by atoms with Gasteiger partial charge in [-0.3, -0.25) is 4.79 Å². The molecule has 1 aliphatic rings. The molecular weight excluding hydrogens is 352 g/mol. The van der Waals surface area contributed by atoms with Crippen molar-refractivity contribution in [2.24, 2.45) is 0 Å². The molecule has 0 N–H and O–H groups in total. The van der Waals surface area contributed by atoms with E-state index in [1.807, 2.05) is 24.3 Å². The number of rotatable bonds is 2. The van der Waals surface area contributed by atoms with E-state index in [2.05, 4.69) is 4.98 Å². The van der Waals surface area contributed by atoms with Gasteiger partial charge in [-0.1, -0.05) is 11.6 Å². The molecule has 3 heterocycles. The number of anilines is 1. The van der Waals surface area contributed by atoms with Gasteiger partial charge in [0.2, 0.25) is 0 Å². The highest BCUT2D eigenvalue weighted by Gasteiger charge is 2.26. The number of furan rings is 1. The zero-order valence-corrected chi connectivity index (χ0v) is 14.2. The van der Waals surface area contributed by atoms with Crippen molar-refractivity contribution in [3.05, 3.63) is 52.7 Å². The Balaban J connectivity index is 1.67. The molecule has 4 rings (SSSR count). The second kappa shape index (κ2) is 6.03. The Labute approximate surface area is 146 Å². The summed E-state index contributed by atoms with van der Waals surface area (Å²) in [6.45, 7) is 0.643. The van der Waals surface area contributed by atoms with E-state index in [1.165, 1.54) is 11.3 Å². The minimum absolute atomic E-state index is 0.108. The first-order chi connectivity index (χ1) is 11.2. The molecule has 0 bridgehead atoms. The van der Waals surface area contributed by atoms with Gasteiger partial charge in [0.15, 0.2) is 10.8 Å². The minimum Gasteiger partial charge on any atom is -0.462 e. The number of carbonyl (C=O) groups is 1. The Morgan fingerprint density at radius 2 is 2.26 bits per heavy atom. The number of amides is 1. The minimum atomic E-state index is -0.108. The molecule has 4 nitrogen and oxygen atoms in total. The van der Waals surface area contributed by atoms with Crippen LogP contribution in [-0.2, 0) is 0 Å². The molecule has 0 atom stereocenters. The predicted molar refractivity (Wildman–Crippen MR) is 93.7 cm³/mol. The van der Waals surface area contributed by atoms with Crippen LogP contribution in [-0.4, -0.2) is 23.2 Å². The standard InChI is InChI=1S/C16H11ClN2O2S2/c17-10-3-4-14-12(8-10)19(5-7-22-14)16(20)11-9-23-15(18-11)13-2-1-6-21-13/h1-4,6,8-9H,5,7H2. The third-order valence-corrected chi connectivity index (χ3v) is 5.62. The third-order valence-electron chi connectivity index (χ3n) is 3.48. The van der Waals surface area contributed by atoms with Crippen LogP contribution in [0.2, 0.25) is 5.02 Å². The van der Waals surface area contributed by atoms with E-state index < -0.39 is 0 Å². The summed E-state index contributed by atoms with van der Waals surface area (Å²) in [6.07, 6.45) is 1.60. The van der Waals surface area contributed by atoms with Gasteiger partial charge in [-0.2, -0.15) is 0 Å². The first-order valence-corrected chi connectivity index (χ1v) is 9.20. The highest BCUT2D eigenvalue weighted by molar-refractivity contribution is 7.99. The highest BCUT2D eigenvalue weighted by atomic mass is 35.5. The number of hydrogen-bond donors (Lipinski definition) is 0. The molecular formula is C16H11ClN2O2S2. The van der Waals surface area contributed by atoms with Crippen LogP contribution in [0.3, 0.4) is 0 Å². The Morgan fingerprint density at radius 3 is 3.09 bits per heavy atom. The lowest BCUT2D eigenvalue weighted by Gasteiger charge is -2.28. The average molecular weight is 363 g/mol. The van der Waals surface area contributed by atoms with Crippen molar-refractivity contribution in [3.8, 4) is 10.8 Å². The van der Waals surface area contributed by atoms with E-state index >= 15 is 0 Å². The largest absolute Gasteiger partial charge is 0.462 e. The number of thioether (sulfide) groups is 1. The Morgan fingerprint density at radius 1 is 1.35 bits per heavy atom. The van der Waals surface area contributed by atoms with E-state index in [1.54, 1.807) is 34.4 Å². The number of thiazole rings is 1. The number of hydrogen-bond acceptors (Lipinski definition) is 5. The fourth-order valence-corrected chi connectivity index (χ4v) is 4.33. The van der Waals surface area contributed by atoms with Gasteiger partial charge in [-0.25, -0.2) is 4.98 Å². The molecule has 7 heteroatoms. The number of benzene rings is 1. The average Bonchev–Trinajstić information content (AvgIpc) is 3.24. The maximum absolute atomic E-state index is 12.8. The van der Waals surface area contributed by atoms with Crippen LogP contribution in [0.5, 0.6) is 0 Å². The van der Waals surface area contributed by atoms with Crippen LogP contribution in [0.15, 0.2) is 51.3 Å². The van der Waals surface area contributed by atoms with Crippen molar-refractivity contribution >= 4 is 46.3 Å². The van der Waals surface area contributed by atoms with E-state index in [-0.39, 0.29) is 5.91 Å². The van der Waals surface area contributed by atoms with Crippen molar-refractivity contribution in [3.63, 3.8) is 0 Å². The number of fused-ring (bicyclic) bond motifs is 1. The summed E-state index contributed by atoms with van der Waals surface area (Å²) >= 11 is 9.22. The fourth-order valence-electron chi connectivity index (χ4n) is 2.43. The summed E-state index contributed by atoms with van der Waals surface area (Å²) in [7, 11) is 0. The molecule has 116 valence electrons. The maximum Gasteiger partial charge on any atom is 0.277 e. The van der Waals surface area contributed by atoms with Crippen LogP contribution in [0, 0.1) is 0 Å². The topological polar surface area (TPSA) is 46.3 Å². The lowest BCUT2D eigenvalue weighted by molar-refractivity contribution is 0.0983. The van der Waals surface area contributed by atoms with E-state index in [0.29, 0.717) is 28.0 Å². The Hall–Kier alpha value is -1.76. The summed E-state index contributed by atoms with van der Waals surface area (Å²) in [5.74, 6) is 1.42.